The summed E-state index contributed by atoms with van der Waals surface area (Å²) in [5.74, 6) is -1.90. The Morgan fingerprint density at radius 1 is 1.21 bits per heavy atom. The lowest BCUT2D eigenvalue weighted by molar-refractivity contribution is -0.122. The predicted molar refractivity (Wildman–Crippen MR) is 108 cm³/mol. The van der Waals surface area contributed by atoms with E-state index >= 15 is 0 Å². The van der Waals surface area contributed by atoms with Gasteiger partial charge in [0, 0.05) is 26.2 Å². The summed E-state index contributed by atoms with van der Waals surface area (Å²) in [5, 5.41) is 8.68. The second-order valence-corrected chi connectivity index (χ2v) is 8.48. The monoisotopic (exact) mass is 424 g/mol. The highest BCUT2D eigenvalue weighted by Gasteiger charge is 2.31. The minimum atomic E-state index is -0.738. The van der Waals surface area contributed by atoms with Crippen molar-refractivity contribution >= 4 is 23.2 Å². The highest BCUT2D eigenvalue weighted by atomic mass is 35.5. The fourth-order valence-corrected chi connectivity index (χ4v) is 4.71. The Kier molecular flexibility index (Phi) is 7.31. The summed E-state index contributed by atoms with van der Waals surface area (Å²) in [7, 11) is 0. The van der Waals surface area contributed by atoms with Gasteiger partial charge in [-0.15, -0.1) is 0 Å². The third-order valence-electron chi connectivity index (χ3n) is 6.39. The molecule has 1 aromatic carbocycles. The number of primary amides is 1. The van der Waals surface area contributed by atoms with Crippen LogP contribution in [0.4, 0.5) is 14.5 Å². The first-order valence-corrected chi connectivity index (χ1v) is 10.6. The highest BCUT2D eigenvalue weighted by Crippen LogP contribution is 2.35. The summed E-state index contributed by atoms with van der Waals surface area (Å²) >= 11 is 5.69. The van der Waals surface area contributed by atoms with E-state index in [-0.39, 0.29) is 5.92 Å². The molecule has 2 aliphatic rings. The minimum absolute atomic E-state index is 0.0923. The predicted octanol–water partition coefficient (Wildman–Crippen LogP) is 3.56. The van der Waals surface area contributed by atoms with Gasteiger partial charge in [0.2, 0.25) is 5.91 Å². The topological polar surface area (TPSA) is 73.4 Å². The Hall–Kier alpha value is -1.91. The Morgan fingerprint density at radius 3 is 2.45 bits per heavy atom. The first-order valence-electron chi connectivity index (χ1n) is 10.2. The van der Waals surface area contributed by atoms with Crippen LogP contribution in [0, 0.1) is 40.7 Å². The van der Waals surface area contributed by atoms with Gasteiger partial charge in [-0.1, -0.05) is 24.4 Å². The van der Waals surface area contributed by atoms with Crippen molar-refractivity contribution in [3.05, 3.63) is 28.8 Å². The maximum atomic E-state index is 14.2. The molecule has 1 amide bonds. The summed E-state index contributed by atoms with van der Waals surface area (Å²) in [4.78, 5) is 15.6. The zero-order valence-corrected chi connectivity index (χ0v) is 17.2. The number of amides is 1. The number of halogens is 3. The number of nitrogens with two attached hydrogens (primary N) is 1. The first kappa shape index (κ1) is 21.8. The largest absolute Gasteiger partial charge is 0.369 e. The van der Waals surface area contributed by atoms with Crippen LogP contribution in [0.5, 0.6) is 0 Å². The fraction of sp³-hybridized carbons (Fsp3) is 0.619. The number of carbonyl (C=O) groups excluding carboxylic acids is 1. The van der Waals surface area contributed by atoms with E-state index in [9.17, 15) is 13.6 Å². The molecule has 1 aliphatic heterocycles. The standard InChI is InChI=1S/C21H27ClF2N4O/c22-19-17(23)5-6-18(20(19)24)28-11-9-27(10-12-28)8-7-14-1-3-15(4-2-14)16(13-25)21(26)29/h5-6,14-16H,1-4,7-12H2,(H2,26,29). The van der Waals surface area contributed by atoms with Crippen molar-refractivity contribution in [3.8, 4) is 6.07 Å². The molecular weight excluding hydrogens is 398 g/mol. The van der Waals surface area contributed by atoms with Gasteiger partial charge >= 0.3 is 0 Å². The molecule has 2 fully saturated rings. The number of hydrogen-bond donors (Lipinski definition) is 1. The van der Waals surface area contributed by atoms with Gasteiger partial charge in [0.15, 0.2) is 5.82 Å². The molecule has 1 saturated heterocycles. The van der Waals surface area contributed by atoms with E-state index in [1.807, 2.05) is 4.90 Å². The molecule has 1 unspecified atom stereocenters. The van der Waals surface area contributed by atoms with Crippen molar-refractivity contribution in [1.29, 1.82) is 5.26 Å². The van der Waals surface area contributed by atoms with Crippen LogP contribution >= 0.6 is 11.6 Å². The Labute approximate surface area is 175 Å². The van der Waals surface area contributed by atoms with Crippen LogP contribution in [0.3, 0.4) is 0 Å². The summed E-state index contributed by atoms with van der Waals surface area (Å²) in [6, 6.07) is 4.71. The van der Waals surface area contributed by atoms with E-state index in [0.29, 0.717) is 24.7 Å². The number of rotatable bonds is 6. The zero-order chi connectivity index (χ0) is 21.0. The molecule has 1 saturated carbocycles. The lowest BCUT2D eigenvalue weighted by Crippen LogP contribution is -2.47. The molecule has 158 valence electrons. The molecule has 5 nitrogen and oxygen atoms in total. The maximum Gasteiger partial charge on any atom is 0.235 e. The number of hydrogen-bond acceptors (Lipinski definition) is 4. The number of nitriles is 1. The SMILES string of the molecule is N#CC(C(N)=O)C1CCC(CCN2CCN(c3ccc(F)c(Cl)c3F)CC2)CC1. The zero-order valence-electron chi connectivity index (χ0n) is 16.4. The number of anilines is 1. The van der Waals surface area contributed by atoms with Gasteiger partial charge in [-0.25, -0.2) is 8.78 Å². The summed E-state index contributed by atoms with van der Waals surface area (Å²) < 4.78 is 27.6. The number of benzene rings is 1. The van der Waals surface area contributed by atoms with Crippen LogP contribution < -0.4 is 10.6 Å². The molecule has 2 N–H and O–H groups in total. The summed E-state index contributed by atoms with van der Waals surface area (Å²) in [6.45, 7) is 3.97. The van der Waals surface area contributed by atoms with E-state index in [4.69, 9.17) is 22.6 Å². The van der Waals surface area contributed by atoms with Gasteiger partial charge in [-0.2, -0.15) is 5.26 Å². The van der Waals surface area contributed by atoms with E-state index in [2.05, 4.69) is 11.0 Å². The average molecular weight is 425 g/mol. The first-order chi connectivity index (χ1) is 13.9. The van der Waals surface area contributed by atoms with Crippen LogP contribution in [0.1, 0.15) is 32.1 Å². The van der Waals surface area contributed by atoms with Gasteiger partial charge in [-0.05, 0) is 49.8 Å². The summed E-state index contributed by atoms with van der Waals surface area (Å²) in [6.07, 6.45) is 4.89. The molecule has 0 aromatic heterocycles. The fourth-order valence-electron chi connectivity index (χ4n) is 4.55. The number of carbonyl (C=O) groups is 1. The third-order valence-corrected chi connectivity index (χ3v) is 6.74. The van der Waals surface area contributed by atoms with Crippen LogP contribution in [0.15, 0.2) is 12.1 Å². The molecule has 1 heterocycles. The van der Waals surface area contributed by atoms with Gasteiger partial charge in [-0.3, -0.25) is 9.69 Å². The lowest BCUT2D eigenvalue weighted by Gasteiger charge is -2.37. The van der Waals surface area contributed by atoms with Gasteiger partial charge in [0.05, 0.1) is 11.8 Å². The van der Waals surface area contributed by atoms with Crippen LogP contribution in [-0.4, -0.2) is 43.5 Å². The second-order valence-electron chi connectivity index (χ2n) is 8.10. The molecule has 0 bridgehead atoms. The normalized spacial score (nSPS) is 24.1. The Morgan fingerprint density at radius 2 is 1.86 bits per heavy atom. The molecule has 1 aliphatic carbocycles. The van der Waals surface area contributed by atoms with E-state index in [1.54, 1.807) is 0 Å². The Bertz CT molecular complexity index is 769. The lowest BCUT2D eigenvalue weighted by atomic mass is 9.75. The van der Waals surface area contributed by atoms with Crippen LogP contribution in [0.2, 0.25) is 5.02 Å². The van der Waals surface area contributed by atoms with Crippen LogP contribution in [0.25, 0.3) is 0 Å². The van der Waals surface area contributed by atoms with Crippen molar-refractivity contribution in [3.63, 3.8) is 0 Å². The Balaban J connectivity index is 1.42. The van der Waals surface area contributed by atoms with Crippen molar-refractivity contribution in [2.45, 2.75) is 32.1 Å². The van der Waals surface area contributed by atoms with Crippen LogP contribution in [-0.2, 0) is 4.79 Å². The average Bonchev–Trinajstić information content (AvgIpc) is 2.72. The van der Waals surface area contributed by atoms with Gasteiger partial charge in [0.25, 0.3) is 0 Å². The molecule has 8 heteroatoms. The third kappa shape index (κ3) is 5.18. The quantitative estimate of drug-likeness (QED) is 0.708. The molecule has 1 atom stereocenters. The van der Waals surface area contributed by atoms with Gasteiger partial charge in [0.1, 0.15) is 16.8 Å². The molecule has 0 radical (unpaired) electrons. The van der Waals surface area contributed by atoms with Crippen molar-refractivity contribution in [2.75, 3.05) is 37.6 Å². The molecule has 0 spiro atoms. The van der Waals surface area contributed by atoms with Crippen molar-refractivity contribution < 1.29 is 13.6 Å². The second kappa shape index (κ2) is 9.73. The molecule has 29 heavy (non-hydrogen) atoms. The molecular formula is C21H27ClF2N4O. The maximum absolute atomic E-state index is 14.2. The highest BCUT2D eigenvalue weighted by molar-refractivity contribution is 6.31. The summed E-state index contributed by atoms with van der Waals surface area (Å²) in [5.41, 5.74) is 5.68. The van der Waals surface area contributed by atoms with E-state index in [0.717, 1.165) is 51.7 Å². The minimum Gasteiger partial charge on any atom is -0.369 e. The smallest absolute Gasteiger partial charge is 0.235 e. The van der Waals surface area contributed by atoms with Crippen molar-refractivity contribution in [1.82, 2.24) is 4.90 Å². The van der Waals surface area contributed by atoms with E-state index < -0.39 is 28.5 Å². The van der Waals surface area contributed by atoms with Gasteiger partial charge < -0.3 is 10.6 Å². The van der Waals surface area contributed by atoms with Crippen molar-refractivity contribution in [2.24, 2.45) is 23.5 Å². The number of piperazine rings is 1. The van der Waals surface area contributed by atoms with E-state index in [1.165, 1.54) is 12.1 Å². The molecule has 1 aromatic rings. The molecule has 3 rings (SSSR count). The number of nitrogens with zero attached hydrogens (tertiary/aromatic N) is 3.